The molecular formula is C28H29N5O2. The van der Waals surface area contributed by atoms with Crippen LogP contribution >= 0.6 is 0 Å². The van der Waals surface area contributed by atoms with E-state index >= 15 is 0 Å². The van der Waals surface area contributed by atoms with Gasteiger partial charge in [0.15, 0.2) is 0 Å². The van der Waals surface area contributed by atoms with Gasteiger partial charge in [-0.1, -0.05) is 67.1 Å². The molecule has 0 bridgehead atoms. The summed E-state index contributed by atoms with van der Waals surface area (Å²) in [6.45, 7) is 4.85. The second-order valence-corrected chi connectivity index (χ2v) is 8.71. The second kappa shape index (κ2) is 10.9. The van der Waals surface area contributed by atoms with Crippen molar-refractivity contribution >= 4 is 11.7 Å². The van der Waals surface area contributed by atoms with Crippen LogP contribution in [0.3, 0.4) is 0 Å². The Labute approximate surface area is 204 Å². The lowest BCUT2D eigenvalue weighted by molar-refractivity contribution is -0.118. The van der Waals surface area contributed by atoms with Crippen molar-refractivity contribution in [1.29, 1.82) is 0 Å². The highest BCUT2D eigenvalue weighted by Crippen LogP contribution is 2.20. The molecule has 7 nitrogen and oxygen atoms in total. The van der Waals surface area contributed by atoms with Gasteiger partial charge < -0.3 is 15.2 Å². The molecule has 35 heavy (non-hydrogen) atoms. The number of pyridine rings is 1. The van der Waals surface area contributed by atoms with E-state index in [1.54, 1.807) is 25.4 Å². The molecule has 4 aromatic rings. The van der Waals surface area contributed by atoms with Crippen molar-refractivity contribution in [3.63, 3.8) is 0 Å². The highest BCUT2D eigenvalue weighted by Gasteiger charge is 2.21. The zero-order valence-electron chi connectivity index (χ0n) is 20.1. The lowest BCUT2D eigenvalue weighted by atomic mass is 9.98. The van der Waals surface area contributed by atoms with E-state index in [2.05, 4.69) is 58.7 Å². The largest absolute Gasteiger partial charge is 0.309 e. The van der Waals surface area contributed by atoms with Gasteiger partial charge in [0.05, 0.1) is 12.0 Å². The number of benzene rings is 2. The minimum absolute atomic E-state index is 0.149. The molecule has 2 atom stereocenters. The summed E-state index contributed by atoms with van der Waals surface area (Å²) < 4.78 is 1.40. The van der Waals surface area contributed by atoms with Crippen molar-refractivity contribution in [1.82, 2.24) is 19.9 Å². The smallest absolute Gasteiger partial charge is 0.253 e. The number of hydrogen-bond acceptors (Lipinski definition) is 5. The van der Waals surface area contributed by atoms with E-state index in [4.69, 9.17) is 0 Å². The van der Waals surface area contributed by atoms with E-state index in [1.165, 1.54) is 28.1 Å². The van der Waals surface area contributed by atoms with Gasteiger partial charge >= 0.3 is 0 Å². The third-order valence-corrected chi connectivity index (χ3v) is 5.96. The Hall–Kier alpha value is -4.10. The molecule has 1 amide bonds. The standard InChI is InChI=1S/C28H29N5O2/c1-19-9-11-21(12-10-19)20(2)16-30-27(22-7-5-4-6-8-22)28(35)32-25-14-13-23(17-29-25)24-15-26(34)33(3)18-31-24/h4-15,17-18,20,27,30H,16H2,1-3H3,(H,29,32,35)/t20-,27+/m1/s1. The van der Waals surface area contributed by atoms with E-state index in [-0.39, 0.29) is 17.4 Å². The number of hydrogen-bond donors (Lipinski definition) is 2. The predicted molar refractivity (Wildman–Crippen MR) is 138 cm³/mol. The van der Waals surface area contributed by atoms with Gasteiger partial charge in [0, 0.05) is 31.4 Å². The van der Waals surface area contributed by atoms with Gasteiger partial charge in [0.25, 0.3) is 5.56 Å². The van der Waals surface area contributed by atoms with Gasteiger partial charge in [0.1, 0.15) is 11.9 Å². The molecule has 2 N–H and O–H groups in total. The average molecular weight is 468 g/mol. The fraction of sp³-hybridized carbons (Fsp3) is 0.214. The molecule has 0 aliphatic heterocycles. The van der Waals surface area contributed by atoms with E-state index < -0.39 is 6.04 Å². The normalized spacial score (nSPS) is 12.7. The summed E-state index contributed by atoms with van der Waals surface area (Å²) in [7, 11) is 1.65. The van der Waals surface area contributed by atoms with Crippen LogP contribution in [-0.2, 0) is 11.8 Å². The molecule has 0 saturated heterocycles. The maximum atomic E-state index is 13.3. The minimum atomic E-state index is -0.538. The van der Waals surface area contributed by atoms with Gasteiger partial charge in [0.2, 0.25) is 5.91 Å². The Kier molecular flexibility index (Phi) is 7.48. The molecule has 2 heterocycles. The first-order chi connectivity index (χ1) is 16.9. The molecule has 0 aliphatic rings. The molecular weight excluding hydrogens is 438 g/mol. The van der Waals surface area contributed by atoms with Crippen LogP contribution < -0.4 is 16.2 Å². The summed E-state index contributed by atoms with van der Waals surface area (Å²) in [6, 6.07) is 22.5. The van der Waals surface area contributed by atoms with Crippen molar-refractivity contribution in [3.8, 4) is 11.3 Å². The van der Waals surface area contributed by atoms with Crippen LogP contribution in [0.15, 0.2) is 90.1 Å². The molecule has 0 spiro atoms. The highest BCUT2D eigenvalue weighted by atomic mass is 16.2. The molecule has 0 fully saturated rings. The van der Waals surface area contributed by atoms with E-state index in [0.717, 1.165) is 5.56 Å². The van der Waals surface area contributed by atoms with Crippen molar-refractivity contribution in [3.05, 3.63) is 112 Å². The lowest BCUT2D eigenvalue weighted by Gasteiger charge is -2.21. The van der Waals surface area contributed by atoms with Gasteiger partial charge in [-0.3, -0.25) is 9.59 Å². The molecule has 178 valence electrons. The maximum Gasteiger partial charge on any atom is 0.253 e. The summed E-state index contributed by atoms with van der Waals surface area (Å²) in [6.07, 6.45) is 3.07. The topological polar surface area (TPSA) is 88.9 Å². The SMILES string of the molecule is Cc1ccc([C@H](C)CN[C@H](C(=O)Nc2ccc(-c3cc(=O)n(C)cn3)cn2)c2ccccc2)cc1. The fourth-order valence-electron chi connectivity index (χ4n) is 3.75. The average Bonchev–Trinajstić information content (AvgIpc) is 2.87. The summed E-state index contributed by atoms with van der Waals surface area (Å²) in [5, 5.41) is 6.34. The van der Waals surface area contributed by atoms with E-state index in [0.29, 0.717) is 23.6 Å². The fourth-order valence-corrected chi connectivity index (χ4v) is 3.75. The summed E-state index contributed by atoms with van der Waals surface area (Å²) in [5.74, 6) is 0.467. The number of nitrogens with zero attached hydrogens (tertiary/aromatic N) is 3. The quantitative estimate of drug-likeness (QED) is 0.405. The number of aryl methyl sites for hydroxylation is 2. The molecule has 2 aromatic carbocycles. The third-order valence-electron chi connectivity index (χ3n) is 5.96. The number of anilines is 1. The first-order valence-corrected chi connectivity index (χ1v) is 11.6. The van der Waals surface area contributed by atoms with Crippen LogP contribution in [0.5, 0.6) is 0 Å². The summed E-state index contributed by atoms with van der Waals surface area (Å²) in [4.78, 5) is 33.8. The van der Waals surface area contributed by atoms with Crippen molar-refractivity contribution in [2.45, 2.75) is 25.8 Å². The molecule has 0 radical (unpaired) electrons. The minimum Gasteiger partial charge on any atom is -0.309 e. The molecule has 4 rings (SSSR count). The van der Waals surface area contributed by atoms with Crippen molar-refractivity contribution in [2.75, 3.05) is 11.9 Å². The van der Waals surface area contributed by atoms with Crippen LogP contribution in [0, 0.1) is 6.92 Å². The number of rotatable bonds is 8. The Morgan fingerprint density at radius 2 is 1.71 bits per heavy atom. The lowest BCUT2D eigenvalue weighted by Crippen LogP contribution is -2.35. The number of amides is 1. The number of nitrogens with one attached hydrogen (secondary N) is 2. The Balaban J connectivity index is 1.47. The Morgan fingerprint density at radius 1 is 0.971 bits per heavy atom. The maximum absolute atomic E-state index is 13.3. The van der Waals surface area contributed by atoms with E-state index in [9.17, 15) is 9.59 Å². The Morgan fingerprint density at radius 3 is 2.37 bits per heavy atom. The molecule has 0 unspecified atom stereocenters. The van der Waals surface area contributed by atoms with Crippen molar-refractivity contribution in [2.24, 2.45) is 7.05 Å². The zero-order chi connectivity index (χ0) is 24.8. The van der Waals surface area contributed by atoms with Gasteiger partial charge in [-0.15, -0.1) is 0 Å². The van der Waals surface area contributed by atoms with Crippen LogP contribution in [0.1, 0.15) is 35.6 Å². The van der Waals surface area contributed by atoms with Gasteiger partial charge in [-0.25, -0.2) is 9.97 Å². The van der Waals surface area contributed by atoms with Crippen LogP contribution in [-0.4, -0.2) is 27.0 Å². The van der Waals surface area contributed by atoms with Crippen LogP contribution in [0.4, 0.5) is 5.82 Å². The van der Waals surface area contributed by atoms with Gasteiger partial charge in [-0.05, 0) is 36.1 Å². The highest BCUT2D eigenvalue weighted by molar-refractivity contribution is 5.94. The van der Waals surface area contributed by atoms with Crippen LogP contribution in [0.2, 0.25) is 0 Å². The number of aromatic nitrogens is 3. The predicted octanol–water partition coefficient (Wildman–Crippen LogP) is 4.22. The van der Waals surface area contributed by atoms with Crippen LogP contribution in [0.25, 0.3) is 11.3 Å². The number of carbonyl (C=O) groups is 1. The number of carbonyl (C=O) groups excluding carboxylic acids is 1. The monoisotopic (exact) mass is 467 g/mol. The van der Waals surface area contributed by atoms with E-state index in [1.807, 2.05) is 30.3 Å². The third kappa shape index (κ3) is 6.07. The zero-order valence-corrected chi connectivity index (χ0v) is 20.1. The second-order valence-electron chi connectivity index (χ2n) is 8.71. The molecule has 0 aliphatic carbocycles. The van der Waals surface area contributed by atoms with Crippen molar-refractivity contribution < 1.29 is 4.79 Å². The first kappa shape index (κ1) is 24.0. The molecule has 7 heteroatoms. The van der Waals surface area contributed by atoms with Gasteiger partial charge in [-0.2, -0.15) is 0 Å². The molecule has 0 saturated carbocycles. The summed E-state index contributed by atoms with van der Waals surface area (Å²) in [5.41, 5.74) is 4.40. The first-order valence-electron chi connectivity index (χ1n) is 11.6. The molecule has 2 aromatic heterocycles. The summed E-state index contributed by atoms with van der Waals surface area (Å²) >= 11 is 0. The Bertz CT molecular complexity index is 1330.